The highest BCUT2D eigenvalue weighted by Crippen LogP contribution is 2.28. The Morgan fingerprint density at radius 3 is 2.42 bits per heavy atom. The van der Waals surface area contributed by atoms with E-state index in [2.05, 4.69) is 4.98 Å². The topological polar surface area (TPSA) is 39.2 Å². The van der Waals surface area contributed by atoms with Gasteiger partial charge in [0, 0.05) is 17.5 Å². The monoisotopic (exact) mass is 255 g/mol. The van der Waals surface area contributed by atoms with Crippen molar-refractivity contribution in [1.29, 1.82) is 0 Å². The summed E-state index contributed by atoms with van der Waals surface area (Å²) >= 11 is 0. The van der Waals surface area contributed by atoms with Crippen LogP contribution in [0.5, 0.6) is 5.75 Å². The van der Waals surface area contributed by atoms with Gasteiger partial charge in [0.2, 0.25) is 0 Å². The fraction of sp³-hybridized carbons (Fsp3) is 0.250. The van der Waals surface area contributed by atoms with Gasteiger partial charge < -0.3 is 4.74 Å². The van der Waals surface area contributed by atoms with Gasteiger partial charge in [-0.15, -0.1) is 0 Å². The minimum Gasteiger partial charge on any atom is -0.496 e. The molecule has 1 aromatic heterocycles. The van der Waals surface area contributed by atoms with Crippen LogP contribution in [0, 0.1) is 20.8 Å². The normalized spacial score (nSPS) is 10.3. The van der Waals surface area contributed by atoms with Crippen LogP contribution < -0.4 is 4.74 Å². The first-order valence-corrected chi connectivity index (χ1v) is 6.16. The van der Waals surface area contributed by atoms with E-state index in [0.717, 1.165) is 16.8 Å². The van der Waals surface area contributed by atoms with Crippen LogP contribution in [0.4, 0.5) is 0 Å². The van der Waals surface area contributed by atoms with E-state index in [-0.39, 0.29) is 5.78 Å². The van der Waals surface area contributed by atoms with E-state index < -0.39 is 0 Å². The average molecular weight is 255 g/mol. The lowest BCUT2D eigenvalue weighted by Crippen LogP contribution is -2.06. The molecule has 98 valence electrons. The summed E-state index contributed by atoms with van der Waals surface area (Å²) in [5.74, 6) is 0.582. The number of carbonyl (C=O) groups excluding carboxylic acids is 1. The van der Waals surface area contributed by atoms with Crippen molar-refractivity contribution in [2.45, 2.75) is 20.8 Å². The van der Waals surface area contributed by atoms with Gasteiger partial charge in [0.25, 0.3) is 0 Å². The molecule has 0 aliphatic carbocycles. The van der Waals surface area contributed by atoms with Crippen molar-refractivity contribution >= 4 is 5.78 Å². The van der Waals surface area contributed by atoms with Gasteiger partial charge in [-0.1, -0.05) is 6.07 Å². The number of ether oxygens (including phenoxy) is 1. The Kier molecular flexibility index (Phi) is 3.65. The zero-order chi connectivity index (χ0) is 14.0. The number of rotatable bonds is 3. The minimum atomic E-state index is -0.0625. The first-order chi connectivity index (χ1) is 9.04. The summed E-state index contributed by atoms with van der Waals surface area (Å²) in [5.41, 5.74) is 4.15. The summed E-state index contributed by atoms with van der Waals surface area (Å²) in [7, 11) is 1.59. The van der Waals surface area contributed by atoms with Gasteiger partial charge in [0.15, 0.2) is 5.78 Å². The molecule has 0 amide bonds. The molecule has 0 unspecified atom stereocenters. The van der Waals surface area contributed by atoms with Gasteiger partial charge in [0.05, 0.1) is 12.7 Å². The standard InChI is InChI=1S/C16H17NO2/c1-10-5-8-14(16(19-4)12(10)3)15(18)13-7-6-11(2)17-9-13/h5-9H,1-4H3. The molecule has 0 aliphatic heterocycles. The van der Waals surface area contributed by atoms with E-state index in [1.807, 2.05) is 39.0 Å². The minimum absolute atomic E-state index is 0.0625. The highest BCUT2D eigenvalue weighted by Gasteiger charge is 2.17. The van der Waals surface area contributed by atoms with Crippen LogP contribution in [0.3, 0.4) is 0 Å². The Labute approximate surface area is 113 Å². The molecule has 19 heavy (non-hydrogen) atoms. The smallest absolute Gasteiger partial charge is 0.198 e. The first-order valence-electron chi connectivity index (χ1n) is 6.16. The second kappa shape index (κ2) is 5.22. The number of aryl methyl sites for hydroxylation is 2. The average Bonchev–Trinajstić information content (AvgIpc) is 2.41. The molecule has 3 nitrogen and oxygen atoms in total. The van der Waals surface area contributed by atoms with Crippen LogP contribution in [0.25, 0.3) is 0 Å². The third kappa shape index (κ3) is 2.50. The van der Waals surface area contributed by atoms with Crippen molar-refractivity contribution in [2.24, 2.45) is 0 Å². The van der Waals surface area contributed by atoms with E-state index in [4.69, 9.17) is 4.74 Å². The number of pyridine rings is 1. The van der Waals surface area contributed by atoms with Crippen molar-refractivity contribution in [1.82, 2.24) is 4.98 Å². The van der Waals surface area contributed by atoms with E-state index >= 15 is 0 Å². The largest absolute Gasteiger partial charge is 0.496 e. The maximum absolute atomic E-state index is 12.5. The third-order valence-corrected chi connectivity index (χ3v) is 3.30. The van der Waals surface area contributed by atoms with Gasteiger partial charge in [-0.25, -0.2) is 0 Å². The molecule has 0 radical (unpaired) electrons. The van der Waals surface area contributed by atoms with Crippen LogP contribution in [0.1, 0.15) is 32.7 Å². The molecule has 3 heteroatoms. The molecule has 2 aromatic rings. The molecule has 0 atom stereocenters. The lowest BCUT2D eigenvalue weighted by molar-refractivity contribution is 0.103. The highest BCUT2D eigenvalue weighted by molar-refractivity contribution is 6.10. The fourth-order valence-corrected chi connectivity index (χ4v) is 1.99. The lowest BCUT2D eigenvalue weighted by Gasteiger charge is -2.12. The number of nitrogens with zero attached hydrogens (tertiary/aromatic N) is 1. The van der Waals surface area contributed by atoms with Crippen LogP contribution >= 0.6 is 0 Å². The van der Waals surface area contributed by atoms with Gasteiger partial charge >= 0.3 is 0 Å². The van der Waals surface area contributed by atoms with Gasteiger partial charge in [-0.3, -0.25) is 9.78 Å². The molecule has 0 bridgehead atoms. The number of ketones is 1. The predicted octanol–water partition coefficient (Wildman–Crippen LogP) is 3.25. The fourth-order valence-electron chi connectivity index (χ4n) is 1.99. The van der Waals surface area contributed by atoms with Crippen molar-refractivity contribution in [3.8, 4) is 5.75 Å². The zero-order valence-electron chi connectivity index (χ0n) is 11.7. The highest BCUT2D eigenvalue weighted by atomic mass is 16.5. The second-order valence-electron chi connectivity index (χ2n) is 4.61. The van der Waals surface area contributed by atoms with Gasteiger partial charge in [-0.2, -0.15) is 0 Å². The molecule has 0 aliphatic rings. The summed E-state index contributed by atoms with van der Waals surface area (Å²) in [5, 5.41) is 0. The van der Waals surface area contributed by atoms with Crippen LogP contribution in [-0.4, -0.2) is 17.9 Å². The van der Waals surface area contributed by atoms with Crippen molar-refractivity contribution < 1.29 is 9.53 Å². The molecule has 1 heterocycles. The SMILES string of the molecule is COc1c(C(=O)c2ccc(C)nc2)ccc(C)c1C. The summed E-state index contributed by atoms with van der Waals surface area (Å²) in [4.78, 5) is 16.6. The quantitative estimate of drug-likeness (QED) is 0.790. The summed E-state index contributed by atoms with van der Waals surface area (Å²) in [6, 6.07) is 7.37. The molecule has 0 fully saturated rings. The predicted molar refractivity (Wildman–Crippen MR) is 74.9 cm³/mol. The Hall–Kier alpha value is -2.16. The Morgan fingerprint density at radius 1 is 1.11 bits per heavy atom. The summed E-state index contributed by atoms with van der Waals surface area (Å²) in [6.07, 6.45) is 1.60. The van der Waals surface area contributed by atoms with E-state index in [0.29, 0.717) is 16.9 Å². The maximum Gasteiger partial charge on any atom is 0.198 e. The Bertz CT molecular complexity index is 615. The molecular formula is C16H17NO2. The van der Waals surface area contributed by atoms with Gasteiger partial charge in [-0.05, 0) is 50.1 Å². The molecule has 0 spiro atoms. The van der Waals surface area contributed by atoms with E-state index in [1.54, 1.807) is 19.4 Å². The number of hydrogen-bond donors (Lipinski definition) is 0. The number of benzene rings is 1. The molecule has 0 saturated heterocycles. The second-order valence-corrected chi connectivity index (χ2v) is 4.61. The van der Waals surface area contributed by atoms with Crippen molar-refractivity contribution in [3.63, 3.8) is 0 Å². The third-order valence-electron chi connectivity index (χ3n) is 3.30. The lowest BCUT2D eigenvalue weighted by atomic mass is 9.98. The van der Waals surface area contributed by atoms with Gasteiger partial charge in [0.1, 0.15) is 5.75 Å². The summed E-state index contributed by atoms with van der Waals surface area (Å²) in [6.45, 7) is 5.85. The first kappa shape index (κ1) is 13.3. The molecule has 0 saturated carbocycles. The number of aromatic nitrogens is 1. The molecule has 1 aromatic carbocycles. The number of hydrogen-bond acceptors (Lipinski definition) is 3. The Morgan fingerprint density at radius 2 is 1.84 bits per heavy atom. The maximum atomic E-state index is 12.5. The number of methoxy groups -OCH3 is 1. The number of carbonyl (C=O) groups is 1. The summed E-state index contributed by atoms with van der Waals surface area (Å²) < 4.78 is 5.38. The van der Waals surface area contributed by atoms with Crippen LogP contribution in [0.2, 0.25) is 0 Å². The van der Waals surface area contributed by atoms with E-state index in [1.165, 1.54) is 0 Å². The van der Waals surface area contributed by atoms with Crippen LogP contribution in [-0.2, 0) is 0 Å². The van der Waals surface area contributed by atoms with Crippen molar-refractivity contribution in [2.75, 3.05) is 7.11 Å². The Balaban J connectivity index is 2.50. The molecular weight excluding hydrogens is 238 g/mol. The van der Waals surface area contributed by atoms with E-state index in [9.17, 15) is 4.79 Å². The van der Waals surface area contributed by atoms with Crippen molar-refractivity contribution in [3.05, 3.63) is 58.4 Å². The molecule has 0 N–H and O–H groups in total. The van der Waals surface area contributed by atoms with Crippen LogP contribution in [0.15, 0.2) is 30.5 Å². The molecule has 2 rings (SSSR count). The zero-order valence-corrected chi connectivity index (χ0v) is 11.7.